The zero-order chi connectivity index (χ0) is 13.5. The van der Waals surface area contributed by atoms with Gasteiger partial charge in [0, 0.05) is 5.56 Å². The van der Waals surface area contributed by atoms with Crippen LogP contribution in [0.2, 0.25) is 0 Å². The first-order valence-electron chi connectivity index (χ1n) is 5.56. The zero-order valence-electron chi connectivity index (χ0n) is 10.1. The molecule has 100 valence electrons. The largest absolute Gasteiger partial charge is 0.490 e. The van der Waals surface area contributed by atoms with Gasteiger partial charge in [0.2, 0.25) is 0 Å². The number of aliphatic hydroxyl groups excluding tert-OH is 2. The molecule has 6 heteroatoms. The molecule has 0 bridgehead atoms. The third-order valence-corrected chi connectivity index (χ3v) is 2.41. The van der Waals surface area contributed by atoms with E-state index in [2.05, 4.69) is 0 Å². The van der Waals surface area contributed by atoms with E-state index in [9.17, 15) is 5.11 Å². The lowest BCUT2D eigenvalue weighted by Crippen LogP contribution is -2.21. The first-order chi connectivity index (χ1) is 8.58. The van der Waals surface area contributed by atoms with Crippen LogP contribution in [-0.4, -0.2) is 41.1 Å². The summed E-state index contributed by atoms with van der Waals surface area (Å²) in [6, 6.07) is 5.07. The van der Waals surface area contributed by atoms with E-state index in [4.69, 9.17) is 32.5 Å². The zero-order valence-corrected chi connectivity index (χ0v) is 10.9. The normalized spacial score (nSPS) is 11.9. The van der Waals surface area contributed by atoms with E-state index in [0.29, 0.717) is 23.7 Å². The maximum Gasteiger partial charge on any atom is 0.161 e. The molecule has 4 N–H and O–H groups in total. The van der Waals surface area contributed by atoms with Gasteiger partial charge >= 0.3 is 0 Å². The number of thiocarbonyl (C=S) groups is 1. The van der Waals surface area contributed by atoms with Crippen LogP contribution in [0.5, 0.6) is 11.5 Å². The Morgan fingerprint density at radius 3 is 2.67 bits per heavy atom. The molecule has 0 aliphatic rings. The summed E-state index contributed by atoms with van der Waals surface area (Å²) in [7, 11) is 0. The number of nitrogens with two attached hydrogens (primary N) is 1. The highest BCUT2D eigenvalue weighted by Gasteiger charge is 2.10. The van der Waals surface area contributed by atoms with Crippen molar-refractivity contribution in [3.63, 3.8) is 0 Å². The summed E-state index contributed by atoms with van der Waals surface area (Å²) in [5.74, 6) is 0.984. The third-order valence-electron chi connectivity index (χ3n) is 2.17. The van der Waals surface area contributed by atoms with Crippen molar-refractivity contribution in [1.29, 1.82) is 0 Å². The highest BCUT2D eigenvalue weighted by Crippen LogP contribution is 2.28. The number of hydrogen-bond acceptors (Lipinski definition) is 5. The highest BCUT2D eigenvalue weighted by atomic mass is 32.1. The number of ether oxygens (including phenoxy) is 2. The fourth-order valence-electron chi connectivity index (χ4n) is 1.29. The van der Waals surface area contributed by atoms with E-state index in [0.717, 1.165) is 0 Å². The van der Waals surface area contributed by atoms with Crippen molar-refractivity contribution in [2.75, 3.05) is 19.8 Å². The molecule has 0 saturated carbocycles. The Kier molecular flexibility index (Phi) is 5.84. The lowest BCUT2D eigenvalue weighted by atomic mass is 10.2. The molecule has 0 aliphatic heterocycles. The van der Waals surface area contributed by atoms with Crippen LogP contribution in [0.3, 0.4) is 0 Å². The minimum Gasteiger partial charge on any atom is -0.490 e. The number of hydrogen-bond donors (Lipinski definition) is 3. The minimum absolute atomic E-state index is 0.0109. The van der Waals surface area contributed by atoms with E-state index in [1.165, 1.54) is 0 Å². The van der Waals surface area contributed by atoms with Gasteiger partial charge in [-0.05, 0) is 25.1 Å². The fourth-order valence-corrected chi connectivity index (χ4v) is 1.41. The van der Waals surface area contributed by atoms with Crippen molar-refractivity contribution in [3.8, 4) is 11.5 Å². The number of aliphatic hydroxyl groups is 2. The van der Waals surface area contributed by atoms with Gasteiger partial charge in [-0.2, -0.15) is 0 Å². The molecule has 5 nitrogen and oxygen atoms in total. The third kappa shape index (κ3) is 4.14. The van der Waals surface area contributed by atoms with Crippen molar-refractivity contribution in [2.24, 2.45) is 5.73 Å². The molecule has 0 spiro atoms. The smallest absolute Gasteiger partial charge is 0.161 e. The molecule has 1 unspecified atom stereocenters. The number of benzene rings is 1. The Morgan fingerprint density at radius 1 is 1.39 bits per heavy atom. The van der Waals surface area contributed by atoms with Gasteiger partial charge in [-0.15, -0.1) is 0 Å². The maximum absolute atomic E-state index is 9.23. The lowest BCUT2D eigenvalue weighted by Gasteiger charge is -2.14. The molecule has 0 saturated heterocycles. The molecule has 0 fully saturated rings. The Balaban J connectivity index is 2.85. The lowest BCUT2D eigenvalue weighted by molar-refractivity contribution is 0.0525. The summed E-state index contributed by atoms with van der Waals surface area (Å²) >= 11 is 4.88. The first kappa shape index (κ1) is 14.7. The Hall–Kier alpha value is -1.37. The van der Waals surface area contributed by atoms with Gasteiger partial charge in [0.15, 0.2) is 11.5 Å². The second-order valence-electron chi connectivity index (χ2n) is 3.61. The SMILES string of the molecule is CCOc1cc(C(N)=S)ccc1OCC(O)CO. The molecule has 0 amide bonds. The summed E-state index contributed by atoms with van der Waals surface area (Å²) < 4.78 is 10.8. The molecule has 0 heterocycles. The average molecular weight is 271 g/mol. The Morgan fingerprint density at radius 2 is 2.11 bits per heavy atom. The van der Waals surface area contributed by atoms with Gasteiger partial charge in [0.05, 0.1) is 13.2 Å². The van der Waals surface area contributed by atoms with Crippen molar-refractivity contribution in [2.45, 2.75) is 13.0 Å². The number of rotatable bonds is 7. The van der Waals surface area contributed by atoms with Gasteiger partial charge in [-0.25, -0.2) is 0 Å². The molecule has 1 rings (SSSR count). The minimum atomic E-state index is -0.922. The molecular weight excluding hydrogens is 254 g/mol. The summed E-state index contributed by atoms with van der Waals surface area (Å²) in [5, 5.41) is 17.9. The standard InChI is InChI=1S/C12H17NO4S/c1-2-16-11-5-8(12(13)18)3-4-10(11)17-7-9(15)6-14/h3-5,9,14-15H,2,6-7H2,1H3,(H2,13,18). The molecule has 0 aromatic heterocycles. The van der Waals surface area contributed by atoms with E-state index < -0.39 is 6.10 Å². The monoisotopic (exact) mass is 271 g/mol. The van der Waals surface area contributed by atoms with Crippen LogP contribution in [0.15, 0.2) is 18.2 Å². The van der Waals surface area contributed by atoms with Crippen LogP contribution in [0, 0.1) is 0 Å². The van der Waals surface area contributed by atoms with Crippen molar-refractivity contribution < 1.29 is 19.7 Å². The van der Waals surface area contributed by atoms with Crippen LogP contribution >= 0.6 is 12.2 Å². The maximum atomic E-state index is 9.23. The quantitative estimate of drug-likeness (QED) is 0.624. The molecule has 1 aromatic rings. The molecule has 0 radical (unpaired) electrons. The van der Waals surface area contributed by atoms with Gasteiger partial charge in [0.1, 0.15) is 17.7 Å². The molecule has 1 aromatic carbocycles. The van der Waals surface area contributed by atoms with Crippen molar-refractivity contribution in [1.82, 2.24) is 0 Å². The molecular formula is C12H17NO4S. The summed E-state index contributed by atoms with van der Waals surface area (Å²) in [4.78, 5) is 0.276. The van der Waals surface area contributed by atoms with E-state index in [1.807, 2.05) is 6.92 Å². The first-order valence-corrected chi connectivity index (χ1v) is 5.97. The Bertz CT molecular complexity index is 411. The van der Waals surface area contributed by atoms with Gasteiger partial charge in [-0.3, -0.25) is 0 Å². The average Bonchev–Trinajstić information content (AvgIpc) is 2.36. The van der Waals surface area contributed by atoms with E-state index >= 15 is 0 Å². The second-order valence-corrected chi connectivity index (χ2v) is 4.05. The summed E-state index contributed by atoms with van der Waals surface area (Å²) in [6.07, 6.45) is -0.922. The van der Waals surface area contributed by atoms with Gasteiger partial charge < -0.3 is 25.4 Å². The van der Waals surface area contributed by atoms with Gasteiger partial charge in [0.25, 0.3) is 0 Å². The van der Waals surface area contributed by atoms with E-state index in [-0.39, 0.29) is 18.2 Å². The van der Waals surface area contributed by atoms with Crippen molar-refractivity contribution in [3.05, 3.63) is 23.8 Å². The molecule has 1 atom stereocenters. The topological polar surface area (TPSA) is 84.9 Å². The van der Waals surface area contributed by atoms with Crippen LogP contribution in [0.1, 0.15) is 12.5 Å². The predicted molar refractivity (Wildman–Crippen MR) is 72.1 cm³/mol. The van der Waals surface area contributed by atoms with Crippen molar-refractivity contribution >= 4 is 17.2 Å². The van der Waals surface area contributed by atoms with Crippen LogP contribution in [-0.2, 0) is 0 Å². The van der Waals surface area contributed by atoms with Crippen LogP contribution in [0.4, 0.5) is 0 Å². The highest BCUT2D eigenvalue weighted by molar-refractivity contribution is 7.80. The van der Waals surface area contributed by atoms with Crippen LogP contribution in [0.25, 0.3) is 0 Å². The molecule has 18 heavy (non-hydrogen) atoms. The predicted octanol–water partition coefficient (Wildman–Crippen LogP) is 0.452. The summed E-state index contributed by atoms with van der Waals surface area (Å²) in [5.41, 5.74) is 6.22. The van der Waals surface area contributed by atoms with Crippen LogP contribution < -0.4 is 15.2 Å². The second kappa shape index (κ2) is 7.15. The fraction of sp³-hybridized carbons (Fsp3) is 0.417. The van der Waals surface area contributed by atoms with E-state index in [1.54, 1.807) is 18.2 Å². The summed E-state index contributed by atoms with van der Waals surface area (Å²) in [6.45, 7) is 1.96. The van der Waals surface area contributed by atoms with Gasteiger partial charge in [-0.1, -0.05) is 12.2 Å². The molecule has 0 aliphatic carbocycles. The Labute approximate surface area is 111 Å².